The summed E-state index contributed by atoms with van der Waals surface area (Å²) >= 11 is 6.07. The molecule has 0 bridgehead atoms. The maximum absolute atomic E-state index is 12.3. The minimum Gasteiger partial charge on any atom is -0.453 e. The number of esters is 1. The lowest BCUT2D eigenvalue weighted by atomic mass is 10.1. The molecule has 0 fully saturated rings. The largest absolute Gasteiger partial charge is 0.453 e. The smallest absolute Gasteiger partial charge is 0.374 e. The fourth-order valence-corrected chi connectivity index (χ4v) is 2.74. The fraction of sp³-hybridized carbons (Fsp3) is 0.235. The van der Waals surface area contributed by atoms with Crippen molar-refractivity contribution in [3.05, 3.63) is 67.1 Å². The van der Waals surface area contributed by atoms with Crippen LogP contribution in [0.15, 0.2) is 38.3 Å². The van der Waals surface area contributed by atoms with Crippen molar-refractivity contribution >= 4 is 28.5 Å². The summed E-state index contributed by atoms with van der Waals surface area (Å²) in [5.41, 5.74) is 0.342. The number of halogens is 1. The van der Waals surface area contributed by atoms with Crippen molar-refractivity contribution in [2.75, 3.05) is 0 Å². The van der Waals surface area contributed by atoms with E-state index < -0.39 is 17.2 Å². The Morgan fingerprint density at radius 2 is 1.96 bits per heavy atom. The number of benzene rings is 1. The van der Waals surface area contributed by atoms with E-state index in [1.165, 1.54) is 24.7 Å². The van der Waals surface area contributed by atoms with Gasteiger partial charge in [0.15, 0.2) is 5.58 Å². The van der Waals surface area contributed by atoms with Gasteiger partial charge in [-0.05, 0) is 13.0 Å². The van der Waals surface area contributed by atoms with Gasteiger partial charge < -0.3 is 9.15 Å². The molecule has 0 spiro atoms. The number of hydrogen-bond donors (Lipinski definition) is 0. The molecule has 25 heavy (non-hydrogen) atoms. The van der Waals surface area contributed by atoms with E-state index in [0.29, 0.717) is 16.2 Å². The van der Waals surface area contributed by atoms with Crippen LogP contribution in [0.2, 0.25) is 5.02 Å². The third-order valence-corrected chi connectivity index (χ3v) is 4.38. The molecular weight excluding hydrogens is 348 g/mol. The van der Waals surface area contributed by atoms with Crippen LogP contribution in [0.3, 0.4) is 0 Å². The van der Waals surface area contributed by atoms with Crippen molar-refractivity contribution in [3.8, 4) is 0 Å². The van der Waals surface area contributed by atoms with Gasteiger partial charge in [-0.1, -0.05) is 23.7 Å². The normalized spacial score (nSPS) is 11.0. The van der Waals surface area contributed by atoms with Gasteiger partial charge in [-0.15, -0.1) is 0 Å². The van der Waals surface area contributed by atoms with Crippen LogP contribution >= 0.6 is 11.6 Å². The number of furan rings is 1. The van der Waals surface area contributed by atoms with E-state index in [0.717, 1.165) is 9.95 Å². The second-order valence-electron chi connectivity index (χ2n) is 5.62. The Kier molecular flexibility index (Phi) is 4.26. The standard InChI is InChI=1S/C17H15ClN2O5/c1-9-11-5-4-6-12(18)15(11)25-14(9)16(22)24-8-10-7-13(21)20(3)17(23)19(10)2/h4-7H,8H2,1-3H3. The third-order valence-electron chi connectivity index (χ3n) is 4.08. The monoisotopic (exact) mass is 362 g/mol. The summed E-state index contributed by atoms with van der Waals surface area (Å²) in [4.78, 5) is 35.9. The summed E-state index contributed by atoms with van der Waals surface area (Å²) in [7, 11) is 2.87. The number of para-hydroxylation sites is 1. The number of carbonyl (C=O) groups is 1. The predicted octanol–water partition coefficient (Wildman–Crippen LogP) is 2.15. The van der Waals surface area contributed by atoms with Crippen LogP contribution in [0.25, 0.3) is 11.0 Å². The van der Waals surface area contributed by atoms with Crippen molar-refractivity contribution in [1.82, 2.24) is 9.13 Å². The molecule has 0 aliphatic carbocycles. The maximum Gasteiger partial charge on any atom is 0.374 e. The number of carbonyl (C=O) groups excluding carboxylic acids is 1. The number of aromatic nitrogens is 2. The zero-order valence-corrected chi connectivity index (χ0v) is 14.6. The number of hydrogen-bond acceptors (Lipinski definition) is 5. The highest BCUT2D eigenvalue weighted by molar-refractivity contribution is 6.35. The number of nitrogens with zero attached hydrogens (tertiary/aromatic N) is 2. The molecule has 0 N–H and O–H groups in total. The fourth-order valence-electron chi connectivity index (χ4n) is 2.53. The van der Waals surface area contributed by atoms with Gasteiger partial charge in [0.25, 0.3) is 5.56 Å². The van der Waals surface area contributed by atoms with Gasteiger partial charge in [-0.3, -0.25) is 13.9 Å². The topological polar surface area (TPSA) is 83.4 Å². The van der Waals surface area contributed by atoms with Gasteiger partial charge >= 0.3 is 11.7 Å². The van der Waals surface area contributed by atoms with Gasteiger partial charge in [0, 0.05) is 31.1 Å². The van der Waals surface area contributed by atoms with Crippen LogP contribution in [-0.4, -0.2) is 15.1 Å². The molecule has 2 aromatic heterocycles. The second-order valence-corrected chi connectivity index (χ2v) is 6.03. The van der Waals surface area contributed by atoms with E-state index in [2.05, 4.69) is 0 Å². The summed E-state index contributed by atoms with van der Waals surface area (Å²) in [6.07, 6.45) is 0. The Bertz CT molecular complexity index is 1110. The lowest BCUT2D eigenvalue weighted by Gasteiger charge is -2.09. The number of rotatable bonds is 3. The van der Waals surface area contributed by atoms with E-state index in [9.17, 15) is 14.4 Å². The maximum atomic E-state index is 12.3. The van der Waals surface area contributed by atoms with Crippen LogP contribution < -0.4 is 11.2 Å². The average molecular weight is 363 g/mol. The van der Waals surface area contributed by atoms with E-state index in [1.807, 2.05) is 0 Å². The molecule has 0 unspecified atom stereocenters. The van der Waals surface area contributed by atoms with Crippen LogP contribution in [0.4, 0.5) is 0 Å². The Morgan fingerprint density at radius 3 is 2.64 bits per heavy atom. The first-order valence-corrected chi connectivity index (χ1v) is 7.79. The second kappa shape index (κ2) is 6.25. The molecule has 0 saturated heterocycles. The molecule has 7 nitrogen and oxygen atoms in total. The van der Waals surface area contributed by atoms with Crippen molar-refractivity contribution < 1.29 is 13.9 Å². The molecule has 2 heterocycles. The zero-order chi connectivity index (χ0) is 18.3. The molecule has 0 atom stereocenters. The highest BCUT2D eigenvalue weighted by Crippen LogP contribution is 2.31. The highest BCUT2D eigenvalue weighted by Gasteiger charge is 2.21. The number of ether oxygens (including phenoxy) is 1. The van der Waals surface area contributed by atoms with Crippen molar-refractivity contribution in [2.45, 2.75) is 13.5 Å². The molecule has 0 aliphatic rings. The number of aryl methyl sites for hydroxylation is 1. The molecule has 8 heteroatoms. The van der Waals surface area contributed by atoms with Crippen molar-refractivity contribution in [3.63, 3.8) is 0 Å². The summed E-state index contributed by atoms with van der Waals surface area (Å²) in [6.45, 7) is 1.50. The molecule has 1 aromatic carbocycles. The Labute approximate surface area is 147 Å². The van der Waals surface area contributed by atoms with Crippen LogP contribution in [-0.2, 0) is 25.4 Å². The summed E-state index contributed by atoms with van der Waals surface area (Å²) < 4.78 is 13.0. The summed E-state index contributed by atoms with van der Waals surface area (Å²) in [6, 6.07) is 6.47. The minimum atomic E-state index is -0.696. The molecule has 0 saturated carbocycles. The zero-order valence-electron chi connectivity index (χ0n) is 13.8. The Morgan fingerprint density at radius 1 is 1.24 bits per heavy atom. The van der Waals surface area contributed by atoms with Gasteiger partial charge in [0.2, 0.25) is 5.76 Å². The van der Waals surface area contributed by atoms with Crippen LogP contribution in [0.5, 0.6) is 0 Å². The van der Waals surface area contributed by atoms with E-state index in [1.54, 1.807) is 25.1 Å². The van der Waals surface area contributed by atoms with Gasteiger partial charge in [-0.25, -0.2) is 9.59 Å². The number of fused-ring (bicyclic) bond motifs is 1. The lowest BCUT2D eigenvalue weighted by molar-refractivity contribution is 0.0427. The predicted molar refractivity (Wildman–Crippen MR) is 92.0 cm³/mol. The van der Waals surface area contributed by atoms with Gasteiger partial charge in [-0.2, -0.15) is 0 Å². The van der Waals surface area contributed by atoms with Gasteiger partial charge in [0.05, 0.1) is 10.7 Å². The van der Waals surface area contributed by atoms with E-state index in [-0.39, 0.29) is 18.1 Å². The van der Waals surface area contributed by atoms with Crippen LogP contribution in [0, 0.1) is 6.92 Å². The molecular formula is C17H15ClN2O5. The molecule has 0 aliphatic heterocycles. The molecule has 0 radical (unpaired) electrons. The first-order valence-electron chi connectivity index (χ1n) is 7.42. The van der Waals surface area contributed by atoms with E-state index >= 15 is 0 Å². The van der Waals surface area contributed by atoms with Crippen molar-refractivity contribution in [1.29, 1.82) is 0 Å². The first kappa shape index (κ1) is 17.0. The average Bonchev–Trinajstić information content (AvgIpc) is 2.93. The Hall–Kier alpha value is -2.80. The minimum absolute atomic E-state index is 0.0388. The van der Waals surface area contributed by atoms with Crippen molar-refractivity contribution in [2.24, 2.45) is 14.1 Å². The van der Waals surface area contributed by atoms with Gasteiger partial charge in [0.1, 0.15) is 6.61 Å². The lowest BCUT2D eigenvalue weighted by Crippen LogP contribution is -2.38. The molecule has 3 aromatic rings. The quantitative estimate of drug-likeness (QED) is 0.667. The molecule has 130 valence electrons. The summed E-state index contributed by atoms with van der Waals surface area (Å²) in [5.74, 6) is -0.658. The van der Waals surface area contributed by atoms with Crippen LogP contribution in [0.1, 0.15) is 21.8 Å². The van der Waals surface area contributed by atoms with E-state index in [4.69, 9.17) is 20.8 Å². The highest BCUT2D eigenvalue weighted by atomic mass is 35.5. The third kappa shape index (κ3) is 2.87. The Balaban J connectivity index is 1.90. The first-order chi connectivity index (χ1) is 11.8. The summed E-state index contributed by atoms with van der Waals surface area (Å²) in [5, 5.41) is 1.12. The SMILES string of the molecule is Cc1c(C(=O)OCc2cc(=O)n(C)c(=O)n2C)oc2c(Cl)cccc12. The molecule has 0 amide bonds. The molecule has 3 rings (SSSR count).